The highest BCUT2D eigenvalue weighted by Crippen LogP contribution is 2.41. The first-order chi connectivity index (χ1) is 19.7. The average molecular weight is 704 g/mol. The third-order valence-electron chi connectivity index (χ3n) is 5.91. The van der Waals surface area contributed by atoms with Crippen molar-refractivity contribution in [3.8, 4) is 11.5 Å². The largest absolute Gasteiger partial charge is 0.506 e. The van der Waals surface area contributed by atoms with Crippen molar-refractivity contribution in [1.82, 2.24) is 0 Å². The molecule has 1 heterocycles. The number of carbonyl (C=O) groups is 2. The third-order valence-corrected chi connectivity index (χ3v) is 8.10. The third kappa shape index (κ3) is 7.33. The van der Waals surface area contributed by atoms with Crippen molar-refractivity contribution in [1.29, 1.82) is 0 Å². The summed E-state index contributed by atoms with van der Waals surface area (Å²) in [7, 11) is 0. The van der Waals surface area contributed by atoms with Gasteiger partial charge in [-0.2, -0.15) is 0 Å². The van der Waals surface area contributed by atoms with Crippen LogP contribution in [0.15, 0.2) is 81.9 Å². The molecule has 4 rings (SSSR count). The average Bonchev–Trinajstić information content (AvgIpc) is 3.23. The summed E-state index contributed by atoms with van der Waals surface area (Å²) in [6, 6.07) is 18.1. The number of aliphatic imine (C=N–C) groups is 1. The SMILES string of the molecule is CCOC(=O)C1=C(O)/C(=C/c2cc(I)c(OCc3ccccc3Cl)c(OCC)c2)SC1=NC(=O)c1ccccc1C. The number of esters is 1. The number of amides is 1. The minimum Gasteiger partial charge on any atom is -0.506 e. The molecule has 0 radical (unpaired) electrons. The maximum atomic E-state index is 13.0. The van der Waals surface area contributed by atoms with Gasteiger partial charge in [0.25, 0.3) is 5.91 Å². The molecule has 0 saturated heterocycles. The molecule has 0 spiro atoms. The molecule has 3 aromatic carbocycles. The van der Waals surface area contributed by atoms with Crippen LogP contribution in [0.3, 0.4) is 0 Å². The molecule has 0 fully saturated rings. The van der Waals surface area contributed by atoms with E-state index in [0.29, 0.717) is 39.2 Å². The van der Waals surface area contributed by atoms with Crippen molar-refractivity contribution in [3.05, 3.63) is 108 Å². The van der Waals surface area contributed by atoms with Crippen LogP contribution >= 0.6 is 46.0 Å². The van der Waals surface area contributed by atoms with Gasteiger partial charge in [0.15, 0.2) is 11.5 Å². The second-order valence-electron chi connectivity index (χ2n) is 8.73. The molecular formula is C31H27ClINO6S. The summed E-state index contributed by atoms with van der Waals surface area (Å²) < 4.78 is 17.9. The van der Waals surface area contributed by atoms with Gasteiger partial charge in [-0.15, -0.1) is 0 Å². The van der Waals surface area contributed by atoms with Crippen LogP contribution < -0.4 is 9.47 Å². The number of nitrogens with zero attached hydrogens (tertiary/aromatic N) is 1. The summed E-state index contributed by atoms with van der Waals surface area (Å²) in [5.74, 6) is -0.512. The first-order valence-corrected chi connectivity index (χ1v) is 15.0. The van der Waals surface area contributed by atoms with Crippen LogP contribution in [0.1, 0.15) is 40.9 Å². The number of rotatable bonds is 9. The number of benzene rings is 3. The van der Waals surface area contributed by atoms with Gasteiger partial charge >= 0.3 is 5.97 Å². The Hall–Kier alpha value is -3.28. The van der Waals surface area contributed by atoms with Crippen molar-refractivity contribution in [2.45, 2.75) is 27.4 Å². The quantitative estimate of drug-likeness (QED) is 0.179. The lowest BCUT2D eigenvalue weighted by Gasteiger charge is -2.15. The summed E-state index contributed by atoms with van der Waals surface area (Å²) in [6.45, 7) is 6.10. The van der Waals surface area contributed by atoms with Crippen LogP contribution in [0.2, 0.25) is 5.02 Å². The van der Waals surface area contributed by atoms with Crippen molar-refractivity contribution >= 4 is 68.9 Å². The number of halogens is 2. The molecule has 41 heavy (non-hydrogen) atoms. The van der Waals surface area contributed by atoms with E-state index in [9.17, 15) is 14.7 Å². The smallest absolute Gasteiger partial charge is 0.344 e. The van der Waals surface area contributed by atoms with Gasteiger partial charge in [-0.25, -0.2) is 9.79 Å². The number of hydrogen-bond acceptors (Lipinski definition) is 7. The first kappa shape index (κ1) is 30.7. The fourth-order valence-electron chi connectivity index (χ4n) is 3.95. The van der Waals surface area contributed by atoms with Crippen molar-refractivity contribution in [2.24, 2.45) is 4.99 Å². The monoisotopic (exact) mass is 703 g/mol. The Bertz CT molecular complexity index is 1580. The second kappa shape index (κ2) is 14.1. The topological polar surface area (TPSA) is 94.4 Å². The molecule has 1 N–H and O–H groups in total. The molecule has 0 unspecified atom stereocenters. The Morgan fingerprint density at radius 3 is 2.49 bits per heavy atom. The Morgan fingerprint density at radius 2 is 1.78 bits per heavy atom. The van der Waals surface area contributed by atoms with Gasteiger partial charge in [0.2, 0.25) is 0 Å². The first-order valence-electron chi connectivity index (χ1n) is 12.7. The number of ether oxygens (including phenoxy) is 3. The summed E-state index contributed by atoms with van der Waals surface area (Å²) in [5, 5.41) is 11.8. The van der Waals surface area contributed by atoms with E-state index in [2.05, 4.69) is 27.6 Å². The van der Waals surface area contributed by atoms with E-state index in [1.807, 2.05) is 37.3 Å². The highest BCUT2D eigenvalue weighted by molar-refractivity contribution is 14.1. The highest BCUT2D eigenvalue weighted by atomic mass is 127. The van der Waals surface area contributed by atoms with Gasteiger partial charge < -0.3 is 19.3 Å². The zero-order chi connectivity index (χ0) is 29.5. The summed E-state index contributed by atoms with van der Waals surface area (Å²) in [5.41, 5.74) is 2.54. The van der Waals surface area contributed by atoms with Crippen LogP contribution in [0, 0.1) is 10.5 Å². The molecule has 1 amide bonds. The van der Waals surface area contributed by atoms with Crippen molar-refractivity contribution in [3.63, 3.8) is 0 Å². The van der Waals surface area contributed by atoms with E-state index in [0.717, 1.165) is 26.5 Å². The fraction of sp³-hybridized carbons (Fsp3) is 0.194. The second-order valence-corrected chi connectivity index (χ2v) is 11.3. The van der Waals surface area contributed by atoms with Crippen LogP contribution in [0.25, 0.3) is 6.08 Å². The van der Waals surface area contributed by atoms with E-state index in [-0.39, 0.29) is 29.6 Å². The molecule has 0 saturated carbocycles. The standard InChI is InChI=1S/C31H27ClINO6S/c1-4-38-24-15-19(14-23(33)28(24)40-17-20-11-7-9-13-22(20)32)16-25-27(35)26(31(37)39-5-2)30(41-25)34-29(36)21-12-8-6-10-18(21)3/h6-16,35H,4-5,17H2,1-3H3/b25-16-,34-30?. The molecule has 212 valence electrons. The van der Waals surface area contributed by atoms with Crippen molar-refractivity contribution in [2.75, 3.05) is 13.2 Å². The highest BCUT2D eigenvalue weighted by Gasteiger charge is 2.34. The zero-order valence-electron chi connectivity index (χ0n) is 22.6. The number of carbonyl (C=O) groups excluding carboxylic acids is 2. The normalized spacial score (nSPS) is 15.0. The maximum Gasteiger partial charge on any atom is 0.344 e. The maximum absolute atomic E-state index is 13.0. The van der Waals surface area contributed by atoms with Crippen LogP contribution in [0.4, 0.5) is 0 Å². The number of aryl methyl sites for hydroxylation is 1. The minimum absolute atomic E-state index is 0.0693. The van der Waals surface area contributed by atoms with Gasteiger partial charge in [-0.1, -0.05) is 59.8 Å². The van der Waals surface area contributed by atoms with Gasteiger partial charge in [-0.05, 0) is 84.8 Å². The molecule has 0 aliphatic carbocycles. The van der Waals surface area contributed by atoms with E-state index in [1.165, 1.54) is 0 Å². The van der Waals surface area contributed by atoms with E-state index < -0.39 is 11.9 Å². The zero-order valence-corrected chi connectivity index (χ0v) is 26.3. The molecule has 0 bridgehead atoms. The van der Waals surface area contributed by atoms with Crippen molar-refractivity contribution < 1.29 is 28.9 Å². The molecule has 3 aromatic rings. The van der Waals surface area contributed by atoms with E-state index in [1.54, 1.807) is 50.3 Å². The molecule has 0 atom stereocenters. The summed E-state index contributed by atoms with van der Waals surface area (Å²) >= 11 is 9.47. The predicted molar refractivity (Wildman–Crippen MR) is 171 cm³/mol. The molecular weight excluding hydrogens is 677 g/mol. The fourth-order valence-corrected chi connectivity index (χ4v) is 5.93. The van der Waals surface area contributed by atoms with Gasteiger partial charge in [-0.3, -0.25) is 4.79 Å². The van der Waals surface area contributed by atoms with Gasteiger partial charge in [0, 0.05) is 16.1 Å². The molecule has 10 heteroatoms. The van der Waals surface area contributed by atoms with Crippen LogP contribution in [-0.2, 0) is 16.1 Å². The lowest BCUT2D eigenvalue weighted by Crippen LogP contribution is -2.14. The summed E-state index contributed by atoms with van der Waals surface area (Å²) in [6.07, 6.45) is 1.70. The van der Waals surface area contributed by atoms with Crippen LogP contribution in [-0.4, -0.2) is 35.2 Å². The molecule has 1 aliphatic heterocycles. The number of thioether (sulfide) groups is 1. The predicted octanol–water partition coefficient (Wildman–Crippen LogP) is 7.93. The lowest BCUT2D eigenvalue weighted by atomic mass is 10.1. The van der Waals surface area contributed by atoms with Gasteiger partial charge in [0.05, 0.1) is 21.7 Å². The molecule has 1 aliphatic rings. The Kier molecular flexibility index (Phi) is 10.5. The Labute approximate surface area is 261 Å². The van der Waals surface area contributed by atoms with E-state index >= 15 is 0 Å². The van der Waals surface area contributed by atoms with Gasteiger partial charge in [0.1, 0.15) is 23.0 Å². The number of hydrogen-bond donors (Lipinski definition) is 1. The minimum atomic E-state index is -0.759. The Balaban J connectivity index is 1.69. The number of aliphatic hydroxyl groups excluding tert-OH is 1. The molecule has 0 aromatic heterocycles. The number of aliphatic hydroxyl groups is 1. The summed E-state index contributed by atoms with van der Waals surface area (Å²) in [4.78, 5) is 30.3. The van der Waals surface area contributed by atoms with E-state index in [4.69, 9.17) is 25.8 Å². The van der Waals surface area contributed by atoms with Crippen LogP contribution in [0.5, 0.6) is 11.5 Å². The molecule has 7 nitrogen and oxygen atoms in total. The Morgan fingerprint density at radius 1 is 1.05 bits per heavy atom. The lowest BCUT2D eigenvalue weighted by molar-refractivity contribution is -0.138.